The molecule has 0 saturated heterocycles. The number of nitrogens with zero attached hydrogens (tertiary/aromatic N) is 2. The van der Waals surface area contributed by atoms with Gasteiger partial charge in [0.25, 0.3) is 0 Å². The second-order valence-corrected chi connectivity index (χ2v) is 5.91. The molecule has 0 aromatic carbocycles. The third kappa shape index (κ3) is 3.19. The van der Waals surface area contributed by atoms with E-state index in [9.17, 15) is 0 Å². The summed E-state index contributed by atoms with van der Waals surface area (Å²) in [6, 6.07) is 0. The van der Waals surface area contributed by atoms with Gasteiger partial charge >= 0.3 is 0 Å². The summed E-state index contributed by atoms with van der Waals surface area (Å²) >= 11 is 0. The molecule has 18 heavy (non-hydrogen) atoms. The van der Waals surface area contributed by atoms with Gasteiger partial charge in [-0.25, -0.2) is 9.97 Å². The molecule has 100 valence electrons. The van der Waals surface area contributed by atoms with E-state index < -0.39 is 0 Å². The predicted octanol–water partition coefficient (Wildman–Crippen LogP) is 2.14. The van der Waals surface area contributed by atoms with Gasteiger partial charge in [0.1, 0.15) is 12.1 Å². The van der Waals surface area contributed by atoms with Crippen molar-refractivity contribution in [3.8, 4) is 0 Å². The molecule has 0 atom stereocenters. The maximum atomic E-state index is 5.58. The van der Waals surface area contributed by atoms with E-state index in [1.54, 1.807) is 6.33 Å². The molecule has 1 aromatic heterocycles. The van der Waals surface area contributed by atoms with E-state index in [2.05, 4.69) is 29.1 Å². The lowest BCUT2D eigenvalue weighted by Gasteiger charge is -2.25. The van der Waals surface area contributed by atoms with Gasteiger partial charge in [-0.3, -0.25) is 0 Å². The van der Waals surface area contributed by atoms with Crippen LogP contribution in [0.15, 0.2) is 6.33 Å². The van der Waals surface area contributed by atoms with Crippen molar-refractivity contribution in [1.29, 1.82) is 0 Å². The Hall–Kier alpha value is -1.16. The normalized spacial score (nSPS) is 14.6. The molecule has 1 heterocycles. The van der Waals surface area contributed by atoms with Crippen LogP contribution in [0.4, 0.5) is 5.82 Å². The van der Waals surface area contributed by atoms with Crippen LogP contribution in [0.25, 0.3) is 0 Å². The van der Waals surface area contributed by atoms with E-state index in [-0.39, 0.29) is 5.41 Å². The average Bonchev–Trinajstić information content (AvgIpc) is 2.82. The molecule has 0 radical (unpaired) electrons. The maximum Gasteiger partial charge on any atom is 0.132 e. The molecule has 3 N–H and O–H groups in total. The van der Waals surface area contributed by atoms with Crippen molar-refractivity contribution < 1.29 is 0 Å². The molecule has 0 bridgehead atoms. The topological polar surface area (TPSA) is 63.8 Å². The minimum absolute atomic E-state index is 0.260. The molecule has 4 nitrogen and oxygen atoms in total. The monoisotopic (exact) mass is 248 g/mol. The van der Waals surface area contributed by atoms with Crippen LogP contribution in [0.5, 0.6) is 0 Å². The Morgan fingerprint density at radius 1 is 1.33 bits per heavy atom. The van der Waals surface area contributed by atoms with Crippen molar-refractivity contribution in [2.24, 2.45) is 11.1 Å². The van der Waals surface area contributed by atoms with Crippen molar-refractivity contribution in [2.45, 2.75) is 46.0 Å². The SMILES string of the molecule is CC(C)(CCCN)CNc1ncnc2c1CCC2. The Kier molecular flexibility index (Phi) is 4.17. The van der Waals surface area contributed by atoms with Crippen LogP contribution in [0.1, 0.15) is 44.4 Å². The van der Waals surface area contributed by atoms with Gasteiger partial charge in [0.15, 0.2) is 0 Å². The molecule has 0 amide bonds. The molecule has 1 aliphatic carbocycles. The summed E-state index contributed by atoms with van der Waals surface area (Å²) in [6.45, 7) is 6.26. The number of anilines is 1. The highest BCUT2D eigenvalue weighted by Gasteiger charge is 2.20. The summed E-state index contributed by atoms with van der Waals surface area (Å²) in [5.74, 6) is 1.04. The second-order valence-electron chi connectivity index (χ2n) is 5.91. The highest BCUT2D eigenvalue weighted by Crippen LogP contribution is 2.27. The van der Waals surface area contributed by atoms with Crippen LogP contribution in [0.2, 0.25) is 0 Å². The van der Waals surface area contributed by atoms with Gasteiger partial charge < -0.3 is 11.1 Å². The predicted molar refractivity (Wildman–Crippen MR) is 74.6 cm³/mol. The smallest absolute Gasteiger partial charge is 0.132 e. The van der Waals surface area contributed by atoms with Crippen molar-refractivity contribution in [3.63, 3.8) is 0 Å². The fourth-order valence-corrected chi connectivity index (χ4v) is 2.50. The Morgan fingerprint density at radius 2 is 2.17 bits per heavy atom. The molecule has 4 heteroatoms. The van der Waals surface area contributed by atoms with E-state index in [4.69, 9.17) is 5.73 Å². The summed E-state index contributed by atoms with van der Waals surface area (Å²) < 4.78 is 0. The van der Waals surface area contributed by atoms with Gasteiger partial charge in [0.05, 0.1) is 0 Å². The fraction of sp³-hybridized carbons (Fsp3) is 0.714. The van der Waals surface area contributed by atoms with E-state index >= 15 is 0 Å². The number of hydrogen-bond donors (Lipinski definition) is 2. The van der Waals surface area contributed by atoms with Gasteiger partial charge in [0.2, 0.25) is 0 Å². The lowest BCUT2D eigenvalue weighted by atomic mass is 9.88. The summed E-state index contributed by atoms with van der Waals surface area (Å²) in [5.41, 5.74) is 8.39. The first-order valence-electron chi connectivity index (χ1n) is 6.89. The van der Waals surface area contributed by atoms with Gasteiger partial charge in [-0.2, -0.15) is 0 Å². The van der Waals surface area contributed by atoms with Crippen molar-refractivity contribution in [3.05, 3.63) is 17.6 Å². The van der Waals surface area contributed by atoms with Crippen LogP contribution in [0, 0.1) is 5.41 Å². The highest BCUT2D eigenvalue weighted by atomic mass is 15.0. The zero-order chi connectivity index (χ0) is 13.0. The van der Waals surface area contributed by atoms with Gasteiger partial charge in [-0.1, -0.05) is 13.8 Å². The lowest BCUT2D eigenvalue weighted by Crippen LogP contribution is -2.25. The van der Waals surface area contributed by atoms with Crippen LogP contribution in [-0.2, 0) is 12.8 Å². The van der Waals surface area contributed by atoms with Crippen LogP contribution in [-0.4, -0.2) is 23.1 Å². The number of rotatable bonds is 6. The first-order chi connectivity index (χ1) is 8.62. The Balaban J connectivity index is 1.96. The van der Waals surface area contributed by atoms with Crippen LogP contribution < -0.4 is 11.1 Å². The summed E-state index contributed by atoms with van der Waals surface area (Å²) in [4.78, 5) is 8.73. The van der Waals surface area contributed by atoms with Crippen molar-refractivity contribution in [1.82, 2.24) is 9.97 Å². The largest absolute Gasteiger partial charge is 0.369 e. The quantitative estimate of drug-likeness (QED) is 0.809. The lowest BCUT2D eigenvalue weighted by molar-refractivity contribution is 0.350. The highest BCUT2D eigenvalue weighted by molar-refractivity contribution is 5.48. The zero-order valence-electron chi connectivity index (χ0n) is 11.5. The third-order valence-electron chi connectivity index (χ3n) is 3.67. The molecule has 1 aliphatic rings. The minimum Gasteiger partial charge on any atom is -0.369 e. The summed E-state index contributed by atoms with van der Waals surface area (Å²) in [7, 11) is 0. The zero-order valence-corrected chi connectivity index (χ0v) is 11.5. The second kappa shape index (κ2) is 5.65. The molecular formula is C14H24N4. The maximum absolute atomic E-state index is 5.58. The summed E-state index contributed by atoms with van der Waals surface area (Å²) in [6.07, 6.45) is 7.32. The summed E-state index contributed by atoms with van der Waals surface area (Å²) in [5, 5.41) is 3.50. The standard InChI is InChI=1S/C14H24N4/c1-14(2,7-4-8-15)9-16-13-11-5-3-6-12(11)17-10-18-13/h10H,3-9,15H2,1-2H3,(H,16,17,18). The number of nitrogens with one attached hydrogen (secondary N) is 1. The van der Waals surface area contributed by atoms with E-state index in [0.717, 1.165) is 44.6 Å². The fourth-order valence-electron chi connectivity index (χ4n) is 2.50. The minimum atomic E-state index is 0.260. The first-order valence-corrected chi connectivity index (χ1v) is 6.89. The first kappa shape index (κ1) is 13.3. The third-order valence-corrected chi connectivity index (χ3v) is 3.67. The molecule has 0 saturated carbocycles. The Labute approximate surface area is 109 Å². The van der Waals surface area contributed by atoms with E-state index in [1.165, 1.54) is 17.7 Å². The molecule has 0 spiro atoms. The average molecular weight is 248 g/mol. The van der Waals surface area contributed by atoms with Gasteiger partial charge in [-0.05, 0) is 44.1 Å². The Bertz CT molecular complexity index is 401. The van der Waals surface area contributed by atoms with Crippen LogP contribution in [0.3, 0.4) is 0 Å². The number of aromatic nitrogens is 2. The molecule has 2 rings (SSSR count). The van der Waals surface area contributed by atoms with Crippen molar-refractivity contribution in [2.75, 3.05) is 18.4 Å². The molecular weight excluding hydrogens is 224 g/mol. The Morgan fingerprint density at radius 3 is 2.94 bits per heavy atom. The van der Waals surface area contributed by atoms with E-state index in [0.29, 0.717) is 0 Å². The van der Waals surface area contributed by atoms with Gasteiger partial charge in [0, 0.05) is 17.8 Å². The number of hydrogen-bond acceptors (Lipinski definition) is 4. The molecule has 0 aliphatic heterocycles. The number of aryl methyl sites for hydroxylation is 1. The van der Waals surface area contributed by atoms with E-state index in [1.807, 2.05) is 0 Å². The molecule has 0 unspecified atom stereocenters. The van der Waals surface area contributed by atoms with Crippen LogP contribution >= 0.6 is 0 Å². The van der Waals surface area contributed by atoms with Gasteiger partial charge in [-0.15, -0.1) is 0 Å². The number of nitrogens with two attached hydrogens (primary N) is 1. The number of fused-ring (bicyclic) bond motifs is 1. The molecule has 1 aromatic rings. The van der Waals surface area contributed by atoms with Crippen molar-refractivity contribution >= 4 is 5.82 Å². The molecule has 0 fully saturated rings.